The number of aryl methyl sites for hydroxylation is 1. The Kier molecular flexibility index (Phi) is 3.34. The van der Waals surface area contributed by atoms with E-state index in [-0.39, 0.29) is 0 Å². The highest BCUT2D eigenvalue weighted by Gasteiger charge is 2.14. The lowest BCUT2D eigenvalue weighted by Gasteiger charge is -2.22. The summed E-state index contributed by atoms with van der Waals surface area (Å²) >= 11 is 1.92. The molecule has 0 bridgehead atoms. The zero-order valence-electron chi connectivity index (χ0n) is 9.23. The molecule has 0 fully saturated rings. The summed E-state index contributed by atoms with van der Waals surface area (Å²) in [4.78, 5) is 3.20. The first-order chi connectivity index (χ1) is 7.18. The molecule has 2 rings (SSSR count). The molecule has 0 aromatic heterocycles. The molecule has 1 aromatic carbocycles. The smallest absolute Gasteiger partial charge is 0.133 e. The van der Waals surface area contributed by atoms with Gasteiger partial charge in [0, 0.05) is 4.90 Å². The van der Waals surface area contributed by atoms with E-state index in [1.807, 2.05) is 36.8 Å². The maximum Gasteiger partial charge on any atom is 0.133 e. The van der Waals surface area contributed by atoms with Crippen LogP contribution in [0.1, 0.15) is 23.8 Å². The van der Waals surface area contributed by atoms with E-state index >= 15 is 0 Å². The molecule has 1 heterocycles. The molecule has 0 amide bonds. The van der Waals surface area contributed by atoms with E-state index in [4.69, 9.17) is 0 Å². The maximum absolute atomic E-state index is 9.92. The van der Waals surface area contributed by atoms with E-state index in [0.717, 1.165) is 12.0 Å². The predicted molar refractivity (Wildman–Crippen MR) is 64.1 cm³/mol. The number of fused-ring (bicyclic) bond motifs is 1. The van der Waals surface area contributed by atoms with Crippen LogP contribution in [0.2, 0.25) is 0 Å². The Bertz CT molecular complexity index is 351. The minimum absolute atomic E-state index is 0.484. The van der Waals surface area contributed by atoms with E-state index in [0.29, 0.717) is 0 Å². The van der Waals surface area contributed by atoms with E-state index in [1.165, 1.54) is 22.6 Å². The molecule has 1 aliphatic rings. The first-order valence-electron chi connectivity index (χ1n) is 5.28. The average molecular weight is 223 g/mol. The summed E-state index contributed by atoms with van der Waals surface area (Å²) in [5, 5.41) is 9.92. The fourth-order valence-corrected chi connectivity index (χ4v) is 2.86. The zero-order chi connectivity index (χ0) is 10.8. The summed E-state index contributed by atoms with van der Waals surface area (Å²) in [7, 11) is 3.78. The third kappa shape index (κ3) is 2.36. The van der Waals surface area contributed by atoms with Crippen LogP contribution in [-0.2, 0) is 6.42 Å². The Morgan fingerprint density at radius 2 is 2.20 bits per heavy atom. The van der Waals surface area contributed by atoms with Crippen molar-refractivity contribution in [1.82, 2.24) is 4.90 Å². The standard InChI is InChI=1S/C12H17NOS/c1-13(2)12(14)10-5-6-11-9(8-10)4-3-7-15-11/h5-6,8,12,14H,3-4,7H2,1-2H3. The Balaban J connectivity index is 2.27. The van der Waals surface area contributed by atoms with Crippen LogP contribution >= 0.6 is 11.8 Å². The molecule has 1 aromatic rings. The minimum atomic E-state index is -0.484. The van der Waals surface area contributed by atoms with Crippen LogP contribution in [0.3, 0.4) is 0 Å². The SMILES string of the molecule is CN(C)C(O)c1ccc2c(c1)CCCS2. The average Bonchev–Trinajstić information content (AvgIpc) is 2.27. The molecule has 1 atom stereocenters. The Morgan fingerprint density at radius 1 is 1.40 bits per heavy atom. The van der Waals surface area contributed by atoms with Gasteiger partial charge in [-0.15, -0.1) is 11.8 Å². The summed E-state index contributed by atoms with van der Waals surface area (Å²) in [5.74, 6) is 1.22. The quantitative estimate of drug-likeness (QED) is 0.778. The maximum atomic E-state index is 9.92. The lowest BCUT2D eigenvalue weighted by molar-refractivity contribution is 0.0394. The topological polar surface area (TPSA) is 23.5 Å². The van der Waals surface area contributed by atoms with E-state index in [2.05, 4.69) is 12.1 Å². The lowest BCUT2D eigenvalue weighted by Crippen LogP contribution is -2.19. The van der Waals surface area contributed by atoms with Crippen molar-refractivity contribution in [2.75, 3.05) is 19.8 Å². The Hall–Kier alpha value is -0.510. The van der Waals surface area contributed by atoms with E-state index in [1.54, 1.807) is 0 Å². The lowest BCUT2D eigenvalue weighted by atomic mass is 10.1. The highest BCUT2D eigenvalue weighted by molar-refractivity contribution is 7.99. The second-order valence-corrected chi connectivity index (χ2v) is 5.29. The van der Waals surface area contributed by atoms with Gasteiger partial charge in [0.2, 0.25) is 0 Å². The third-order valence-corrected chi connectivity index (χ3v) is 3.92. The molecule has 0 saturated carbocycles. The van der Waals surface area contributed by atoms with Crippen LogP contribution in [0, 0.1) is 0 Å². The van der Waals surface area contributed by atoms with Crippen LogP contribution < -0.4 is 0 Å². The first-order valence-corrected chi connectivity index (χ1v) is 6.27. The predicted octanol–water partition coefficient (Wildman–Crippen LogP) is 2.28. The fraction of sp³-hybridized carbons (Fsp3) is 0.500. The molecule has 1 aliphatic heterocycles. The van der Waals surface area contributed by atoms with Crippen molar-refractivity contribution < 1.29 is 5.11 Å². The summed E-state index contributed by atoms with van der Waals surface area (Å²) in [5.41, 5.74) is 2.39. The van der Waals surface area contributed by atoms with Crippen molar-refractivity contribution in [2.45, 2.75) is 24.0 Å². The van der Waals surface area contributed by atoms with Gasteiger partial charge in [-0.1, -0.05) is 12.1 Å². The number of benzene rings is 1. The van der Waals surface area contributed by atoms with Gasteiger partial charge in [-0.25, -0.2) is 0 Å². The normalized spacial score (nSPS) is 17.6. The van der Waals surface area contributed by atoms with Gasteiger partial charge in [0.25, 0.3) is 0 Å². The molecule has 15 heavy (non-hydrogen) atoms. The molecule has 1 unspecified atom stereocenters. The first kappa shape index (κ1) is 11.0. The number of aliphatic hydroxyl groups is 1. The summed E-state index contributed by atoms with van der Waals surface area (Å²) < 4.78 is 0. The van der Waals surface area contributed by atoms with Crippen LogP contribution in [0.4, 0.5) is 0 Å². The van der Waals surface area contributed by atoms with Crippen molar-refractivity contribution in [3.63, 3.8) is 0 Å². The molecular weight excluding hydrogens is 206 g/mol. The number of thioether (sulfide) groups is 1. The monoisotopic (exact) mass is 223 g/mol. The Morgan fingerprint density at radius 3 is 2.93 bits per heavy atom. The number of nitrogens with zero attached hydrogens (tertiary/aromatic N) is 1. The van der Waals surface area contributed by atoms with Crippen molar-refractivity contribution in [3.05, 3.63) is 29.3 Å². The van der Waals surface area contributed by atoms with Gasteiger partial charge in [0.1, 0.15) is 6.23 Å². The molecule has 82 valence electrons. The largest absolute Gasteiger partial charge is 0.374 e. The highest BCUT2D eigenvalue weighted by Crippen LogP contribution is 2.31. The molecule has 0 radical (unpaired) electrons. The molecular formula is C12H17NOS. The van der Waals surface area contributed by atoms with Crippen molar-refractivity contribution >= 4 is 11.8 Å². The second kappa shape index (κ2) is 4.56. The molecule has 0 spiro atoms. The summed E-state index contributed by atoms with van der Waals surface area (Å²) in [6.07, 6.45) is 1.91. The number of aliphatic hydroxyl groups excluding tert-OH is 1. The van der Waals surface area contributed by atoms with Gasteiger partial charge in [-0.05, 0) is 49.9 Å². The molecule has 2 nitrogen and oxygen atoms in total. The van der Waals surface area contributed by atoms with Gasteiger partial charge < -0.3 is 5.11 Å². The van der Waals surface area contributed by atoms with Crippen LogP contribution in [-0.4, -0.2) is 29.9 Å². The van der Waals surface area contributed by atoms with Gasteiger partial charge in [-0.2, -0.15) is 0 Å². The van der Waals surface area contributed by atoms with E-state index in [9.17, 15) is 5.11 Å². The molecule has 3 heteroatoms. The number of hydrogen-bond donors (Lipinski definition) is 1. The molecule has 0 saturated heterocycles. The highest BCUT2D eigenvalue weighted by atomic mass is 32.2. The molecule has 0 aliphatic carbocycles. The van der Waals surface area contributed by atoms with Crippen LogP contribution in [0.15, 0.2) is 23.1 Å². The Labute approximate surface area is 95.3 Å². The number of rotatable bonds is 2. The van der Waals surface area contributed by atoms with Gasteiger partial charge in [0.15, 0.2) is 0 Å². The second-order valence-electron chi connectivity index (χ2n) is 4.16. The van der Waals surface area contributed by atoms with Crippen molar-refractivity contribution in [2.24, 2.45) is 0 Å². The van der Waals surface area contributed by atoms with Gasteiger partial charge in [0.05, 0.1) is 0 Å². The van der Waals surface area contributed by atoms with Crippen LogP contribution in [0.25, 0.3) is 0 Å². The van der Waals surface area contributed by atoms with Crippen LogP contribution in [0.5, 0.6) is 0 Å². The molecule has 1 N–H and O–H groups in total. The van der Waals surface area contributed by atoms with Gasteiger partial charge >= 0.3 is 0 Å². The number of hydrogen-bond acceptors (Lipinski definition) is 3. The minimum Gasteiger partial charge on any atom is -0.374 e. The van der Waals surface area contributed by atoms with Crippen molar-refractivity contribution in [3.8, 4) is 0 Å². The zero-order valence-corrected chi connectivity index (χ0v) is 10.0. The summed E-state index contributed by atoms with van der Waals surface area (Å²) in [6, 6.07) is 6.31. The van der Waals surface area contributed by atoms with E-state index < -0.39 is 6.23 Å². The third-order valence-electron chi connectivity index (χ3n) is 2.72. The van der Waals surface area contributed by atoms with Gasteiger partial charge in [-0.3, -0.25) is 4.90 Å². The fourth-order valence-electron chi connectivity index (χ4n) is 1.84. The summed E-state index contributed by atoms with van der Waals surface area (Å²) in [6.45, 7) is 0. The van der Waals surface area contributed by atoms with Crippen molar-refractivity contribution in [1.29, 1.82) is 0 Å².